The first-order valence-electron chi connectivity index (χ1n) is 20.8. The van der Waals surface area contributed by atoms with E-state index in [4.69, 9.17) is 9.47 Å². The number of hydrogen-bond donors (Lipinski definition) is 0. The summed E-state index contributed by atoms with van der Waals surface area (Å²) < 4.78 is 48.8. The highest BCUT2D eigenvalue weighted by Gasteiger charge is 2.56. The van der Waals surface area contributed by atoms with Crippen LogP contribution in [0.5, 0.6) is 11.5 Å². The van der Waals surface area contributed by atoms with Crippen LogP contribution in [0.3, 0.4) is 0 Å². The Morgan fingerprint density at radius 3 is 1.68 bits per heavy atom. The van der Waals surface area contributed by atoms with Gasteiger partial charge >= 0.3 is 6.97 Å². The van der Waals surface area contributed by atoms with E-state index in [1.807, 2.05) is 76.4 Å². The van der Waals surface area contributed by atoms with Crippen LogP contribution in [-0.2, 0) is 0 Å². The number of fused-ring (bicyclic) bond motifs is 2. The lowest BCUT2D eigenvalue weighted by Crippen LogP contribution is -2.51. The maximum atomic E-state index is 17.0. The van der Waals surface area contributed by atoms with Crippen molar-refractivity contribution in [3.63, 3.8) is 0 Å². The van der Waals surface area contributed by atoms with Crippen LogP contribution < -0.4 is 14.4 Å². The molecule has 0 amide bonds. The van der Waals surface area contributed by atoms with Gasteiger partial charge in [-0.2, -0.15) is 0 Å². The van der Waals surface area contributed by atoms with Crippen molar-refractivity contribution in [2.75, 3.05) is 18.1 Å². The molecular formula is C48H56BF2N3O2S. The first-order chi connectivity index (χ1) is 27.6. The molecular weight excluding hydrogens is 731 g/mol. The number of benzene rings is 3. The predicted octanol–water partition coefficient (Wildman–Crippen LogP) is 14.1. The van der Waals surface area contributed by atoms with Crippen LogP contribution in [0.25, 0.3) is 22.3 Å². The fourth-order valence-corrected chi connectivity index (χ4v) is 9.78. The van der Waals surface area contributed by atoms with Gasteiger partial charge in [-0.1, -0.05) is 70.6 Å². The predicted molar refractivity (Wildman–Crippen MR) is 237 cm³/mol. The topological polar surface area (TPSA) is 29.6 Å². The Balaban J connectivity index is 1.22. The van der Waals surface area contributed by atoms with Crippen molar-refractivity contribution in [2.24, 2.45) is 0 Å². The van der Waals surface area contributed by atoms with Gasteiger partial charge in [0.1, 0.15) is 17.2 Å². The van der Waals surface area contributed by atoms with Gasteiger partial charge in [0.2, 0.25) is 0 Å². The molecule has 7 rings (SSSR count). The highest BCUT2D eigenvalue weighted by molar-refractivity contribution is 7.11. The van der Waals surface area contributed by atoms with Crippen LogP contribution in [0.15, 0.2) is 102 Å². The van der Waals surface area contributed by atoms with Gasteiger partial charge in [-0.05, 0) is 129 Å². The van der Waals surface area contributed by atoms with Crippen molar-refractivity contribution in [2.45, 2.75) is 99.8 Å². The van der Waals surface area contributed by atoms with E-state index >= 15 is 8.63 Å². The lowest BCUT2D eigenvalue weighted by Gasteiger charge is -2.32. The molecule has 0 unspecified atom stereocenters. The summed E-state index contributed by atoms with van der Waals surface area (Å²) >= 11 is 1.59. The van der Waals surface area contributed by atoms with Gasteiger partial charge in [0.25, 0.3) is 0 Å². The Bertz CT molecular complexity index is 2230. The Labute approximate surface area is 342 Å². The molecule has 0 spiro atoms. The summed E-state index contributed by atoms with van der Waals surface area (Å²) in [5.74, 6) is 1.71. The van der Waals surface area contributed by atoms with Gasteiger partial charge < -0.3 is 32.0 Å². The maximum absolute atomic E-state index is 17.0. The zero-order valence-corrected chi connectivity index (χ0v) is 35.4. The second-order valence-electron chi connectivity index (χ2n) is 15.5. The minimum absolute atomic E-state index is 0.570. The van der Waals surface area contributed by atoms with E-state index in [2.05, 4.69) is 67.3 Å². The van der Waals surface area contributed by atoms with Gasteiger partial charge in [0, 0.05) is 51.3 Å². The van der Waals surface area contributed by atoms with Crippen LogP contribution >= 0.6 is 11.3 Å². The summed E-state index contributed by atoms with van der Waals surface area (Å²) in [6.07, 6.45) is 9.28. The summed E-state index contributed by atoms with van der Waals surface area (Å²) in [7, 11) is 0. The normalized spacial score (nSPS) is 14.7. The lowest BCUT2D eigenvalue weighted by molar-refractivity contribution is -0.363. The lowest BCUT2D eigenvalue weighted by atomic mass is 9.86. The van der Waals surface area contributed by atoms with E-state index in [0.717, 1.165) is 79.7 Å². The minimum Gasteiger partial charge on any atom is -0.494 e. The van der Waals surface area contributed by atoms with E-state index < -0.39 is 6.97 Å². The fourth-order valence-electron chi connectivity index (χ4n) is 8.90. The molecule has 0 saturated heterocycles. The zero-order valence-electron chi connectivity index (χ0n) is 34.6. The van der Waals surface area contributed by atoms with E-state index in [1.165, 1.54) is 47.5 Å². The number of ether oxygens (including phenoxy) is 2. The van der Waals surface area contributed by atoms with Crippen molar-refractivity contribution in [1.29, 1.82) is 0 Å². The molecule has 3 aromatic carbocycles. The molecule has 0 N–H and O–H groups in total. The number of allylic oxidation sites excluding steroid dienone is 3. The average Bonchev–Trinajstić information content (AvgIpc) is 3.90. The molecule has 2 aliphatic heterocycles. The first-order valence-corrected chi connectivity index (χ1v) is 21.7. The van der Waals surface area contributed by atoms with Crippen LogP contribution in [-0.4, -0.2) is 34.9 Å². The van der Waals surface area contributed by atoms with E-state index in [9.17, 15) is 0 Å². The molecule has 4 heterocycles. The number of unbranched alkanes of at least 4 members (excludes halogenated alkanes) is 6. The van der Waals surface area contributed by atoms with Crippen LogP contribution in [0.1, 0.15) is 108 Å². The fraction of sp³-hybridized carbons (Fsp3) is 0.354. The smallest absolute Gasteiger partial charge is 0.494 e. The molecule has 0 atom stereocenters. The van der Waals surface area contributed by atoms with Crippen LogP contribution in [0, 0.1) is 13.8 Å². The molecule has 0 radical (unpaired) electrons. The van der Waals surface area contributed by atoms with Crippen molar-refractivity contribution in [3.8, 4) is 22.6 Å². The third kappa shape index (κ3) is 7.75. The van der Waals surface area contributed by atoms with Gasteiger partial charge in [0.15, 0.2) is 5.70 Å². The Kier molecular flexibility index (Phi) is 12.2. The number of rotatable bonds is 17. The van der Waals surface area contributed by atoms with E-state index in [0.29, 0.717) is 36.0 Å². The number of thiophene rings is 1. The first kappa shape index (κ1) is 40.3. The molecule has 5 aromatic rings. The zero-order chi connectivity index (χ0) is 40.3. The van der Waals surface area contributed by atoms with Gasteiger partial charge in [-0.25, -0.2) is 0 Å². The highest BCUT2D eigenvalue weighted by Crippen LogP contribution is 2.48. The van der Waals surface area contributed by atoms with E-state index in [-0.39, 0.29) is 0 Å². The van der Waals surface area contributed by atoms with Crippen molar-refractivity contribution in [3.05, 3.63) is 123 Å². The quantitative estimate of drug-likeness (QED) is 0.0694. The largest absolute Gasteiger partial charge is 0.737 e. The second-order valence-corrected chi connectivity index (χ2v) is 16.4. The van der Waals surface area contributed by atoms with Crippen molar-refractivity contribution in [1.82, 2.24) is 4.48 Å². The minimum atomic E-state index is -4.14. The van der Waals surface area contributed by atoms with Crippen molar-refractivity contribution >= 4 is 52.2 Å². The molecule has 5 nitrogen and oxygen atoms in total. The number of halogens is 2. The molecule has 0 aliphatic carbocycles. The molecule has 9 heteroatoms. The second kappa shape index (κ2) is 17.3. The Hall–Kier alpha value is -4.89. The monoisotopic (exact) mass is 787 g/mol. The highest BCUT2D eigenvalue weighted by atomic mass is 32.1. The molecule has 57 heavy (non-hydrogen) atoms. The summed E-state index contributed by atoms with van der Waals surface area (Å²) in [6.45, 7) is 11.3. The molecule has 0 bridgehead atoms. The number of anilines is 3. The molecule has 298 valence electrons. The van der Waals surface area contributed by atoms with Crippen molar-refractivity contribution < 1.29 is 22.6 Å². The van der Waals surface area contributed by atoms with Gasteiger partial charge in [-0.3, -0.25) is 0 Å². The number of aromatic nitrogens is 1. The summed E-state index contributed by atoms with van der Waals surface area (Å²) in [5, 5.41) is 2.00. The van der Waals surface area contributed by atoms with Crippen LogP contribution in [0.2, 0.25) is 0 Å². The Morgan fingerprint density at radius 2 is 1.19 bits per heavy atom. The maximum Gasteiger partial charge on any atom is 0.737 e. The van der Waals surface area contributed by atoms with Gasteiger partial charge in [0.05, 0.1) is 18.8 Å². The number of hydrogen-bond acceptors (Lipinski definition) is 4. The standard InChI is InChI=1S/C48H56BF2N3O2S/c1-8-10-12-14-30-55-42-26-22-40(23-27-42)52(41-24-28-43(29-25-41)56-31-15-13-11-9-2)39-20-18-38(19-21-39)45-33(3)47-35(5)48-34(4)46(44-17-16-32-57-44)37(7)54(48)49(50,51)53(47)36(45)6/h16-29,32H,8-15,30-31H2,1-7H3. The third-order valence-corrected chi connectivity index (χ3v) is 12.5. The molecule has 2 aliphatic rings. The summed E-state index contributed by atoms with van der Waals surface area (Å²) in [4.78, 5) is 3.23. The van der Waals surface area contributed by atoms with Crippen LogP contribution in [0.4, 0.5) is 25.7 Å². The average molecular weight is 788 g/mol. The van der Waals surface area contributed by atoms with E-state index in [1.54, 1.807) is 11.3 Å². The molecule has 0 saturated carbocycles. The Morgan fingerprint density at radius 1 is 0.667 bits per heavy atom. The summed E-state index contributed by atoms with van der Waals surface area (Å²) in [6, 6.07) is 28.8. The molecule has 0 fully saturated rings. The molecule has 2 aromatic heterocycles. The van der Waals surface area contributed by atoms with Gasteiger partial charge in [-0.15, -0.1) is 11.3 Å². The summed E-state index contributed by atoms with van der Waals surface area (Å²) in [5.41, 5.74) is 10.7. The SMILES string of the molecule is CCCCCCOc1ccc(N(c2ccc(OCCCCCC)cc2)c2ccc(-c3c(C)c4n(c3C)[B-](F)(F)[N+]3=C(C)C(c5cccs5)=C(C)C3=C4C)cc2)cc1. The number of nitrogens with zero attached hydrogens (tertiary/aromatic N) is 3. The third-order valence-electron chi connectivity index (χ3n) is 11.6.